The minimum Gasteiger partial charge on any atom is -0.493 e. The molecule has 0 aliphatic carbocycles. The lowest BCUT2D eigenvalue weighted by molar-refractivity contribution is 0.321. The van der Waals surface area contributed by atoms with Gasteiger partial charge in [0.15, 0.2) is 11.5 Å². The highest BCUT2D eigenvalue weighted by atomic mass is 79.9. The molecule has 0 saturated carbocycles. The summed E-state index contributed by atoms with van der Waals surface area (Å²) in [4.78, 5) is 0. The Morgan fingerprint density at radius 2 is 1.74 bits per heavy atom. The van der Waals surface area contributed by atoms with Crippen LogP contribution in [-0.2, 0) is 6.54 Å². The van der Waals surface area contributed by atoms with Crippen LogP contribution in [0.3, 0.4) is 0 Å². The molecule has 0 fully saturated rings. The maximum absolute atomic E-state index is 5.51. The molecule has 2 rings (SSSR count). The molecule has 4 nitrogen and oxygen atoms in total. The molecule has 0 radical (unpaired) electrons. The quantitative estimate of drug-likeness (QED) is 0.777. The van der Waals surface area contributed by atoms with Crippen molar-refractivity contribution in [2.45, 2.75) is 19.5 Å². The van der Waals surface area contributed by atoms with E-state index >= 15 is 0 Å². The maximum atomic E-state index is 5.51. The number of rotatable bonds is 7. The van der Waals surface area contributed by atoms with Gasteiger partial charge in [0.05, 0.1) is 21.3 Å². The van der Waals surface area contributed by atoms with E-state index in [2.05, 4.69) is 40.3 Å². The summed E-state index contributed by atoms with van der Waals surface area (Å²) >= 11 is 3.51. The number of hydrogen-bond acceptors (Lipinski definition) is 4. The maximum Gasteiger partial charge on any atom is 0.203 e. The molecule has 124 valence electrons. The van der Waals surface area contributed by atoms with Gasteiger partial charge in [0, 0.05) is 22.6 Å². The van der Waals surface area contributed by atoms with Crippen molar-refractivity contribution in [1.82, 2.24) is 5.32 Å². The normalized spacial score (nSPS) is 11.9. The van der Waals surface area contributed by atoms with E-state index in [0.29, 0.717) is 23.8 Å². The molecule has 0 aromatic heterocycles. The molecule has 5 heteroatoms. The number of hydrogen-bond donors (Lipinski definition) is 1. The Morgan fingerprint density at radius 3 is 2.35 bits per heavy atom. The monoisotopic (exact) mass is 379 g/mol. The molecule has 1 atom stereocenters. The van der Waals surface area contributed by atoms with Gasteiger partial charge in [0.25, 0.3) is 0 Å². The third kappa shape index (κ3) is 4.18. The lowest BCUT2D eigenvalue weighted by Gasteiger charge is -2.18. The summed E-state index contributed by atoms with van der Waals surface area (Å²) in [5.74, 6) is 1.97. The fraction of sp³-hybridized carbons (Fsp3) is 0.333. The molecule has 0 heterocycles. The average Bonchev–Trinajstić information content (AvgIpc) is 2.58. The van der Waals surface area contributed by atoms with Crippen LogP contribution in [0.2, 0.25) is 0 Å². The molecular formula is C18H22BrNO3. The summed E-state index contributed by atoms with van der Waals surface area (Å²) in [7, 11) is 4.87. The first-order valence-corrected chi connectivity index (χ1v) is 8.16. The molecule has 0 bridgehead atoms. The van der Waals surface area contributed by atoms with E-state index in [0.717, 1.165) is 10.0 Å². The van der Waals surface area contributed by atoms with Gasteiger partial charge in [-0.25, -0.2) is 0 Å². The van der Waals surface area contributed by atoms with Gasteiger partial charge >= 0.3 is 0 Å². The van der Waals surface area contributed by atoms with Gasteiger partial charge in [0.1, 0.15) is 0 Å². The topological polar surface area (TPSA) is 39.7 Å². The van der Waals surface area contributed by atoms with E-state index in [1.165, 1.54) is 5.56 Å². The second kappa shape index (κ2) is 8.22. The molecule has 0 aliphatic heterocycles. The lowest BCUT2D eigenvalue weighted by atomic mass is 10.1. The SMILES string of the molecule is COc1ccc(CN[C@@H](C)c2cccc(Br)c2)c(OC)c1OC. The van der Waals surface area contributed by atoms with E-state index in [1.54, 1.807) is 21.3 Å². The Hall–Kier alpha value is -1.72. The summed E-state index contributed by atoms with van der Waals surface area (Å²) in [6.07, 6.45) is 0. The summed E-state index contributed by atoms with van der Waals surface area (Å²) < 4.78 is 17.3. The van der Waals surface area contributed by atoms with E-state index in [1.807, 2.05) is 24.3 Å². The van der Waals surface area contributed by atoms with E-state index in [9.17, 15) is 0 Å². The minimum atomic E-state index is 0.213. The molecule has 0 spiro atoms. The summed E-state index contributed by atoms with van der Waals surface area (Å²) in [5.41, 5.74) is 2.24. The molecule has 0 saturated heterocycles. The zero-order chi connectivity index (χ0) is 16.8. The zero-order valence-electron chi connectivity index (χ0n) is 13.9. The van der Waals surface area contributed by atoms with Crippen LogP contribution in [0.1, 0.15) is 24.1 Å². The molecule has 0 unspecified atom stereocenters. The average molecular weight is 380 g/mol. The molecule has 23 heavy (non-hydrogen) atoms. The third-order valence-corrected chi connectivity index (χ3v) is 4.23. The molecule has 0 amide bonds. The summed E-state index contributed by atoms with van der Waals surface area (Å²) in [6.45, 7) is 2.80. The van der Waals surface area contributed by atoms with Gasteiger partial charge in [0.2, 0.25) is 5.75 Å². The standard InChI is InChI=1S/C18H22BrNO3/c1-12(13-6-5-7-15(19)10-13)20-11-14-8-9-16(21-2)18(23-4)17(14)22-3/h5-10,12,20H,11H2,1-4H3/t12-/m0/s1. The predicted octanol–water partition coefficient (Wildman–Crippen LogP) is 4.33. The van der Waals surface area contributed by atoms with Crippen LogP contribution in [-0.4, -0.2) is 21.3 Å². The van der Waals surface area contributed by atoms with Crippen molar-refractivity contribution in [3.8, 4) is 17.2 Å². The highest BCUT2D eigenvalue weighted by molar-refractivity contribution is 9.10. The summed E-state index contributed by atoms with van der Waals surface area (Å²) in [6, 6.07) is 12.4. The largest absolute Gasteiger partial charge is 0.493 e. The Labute approximate surface area is 145 Å². The van der Waals surface area contributed by atoms with Gasteiger partial charge < -0.3 is 19.5 Å². The molecule has 0 aliphatic rings. The molecule has 1 N–H and O–H groups in total. The second-order valence-electron chi connectivity index (χ2n) is 5.15. The van der Waals surface area contributed by atoms with Crippen molar-refractivity contribution in [2.24, 2.45) is 0 Å². The van der Waals surface area contributed by atoms with Gasteiger partial charge in [-0.2, -0.15) is 0 Å². The van der Waals surface area contributed by atoms with Crippen LogP contribution < -0.4 is 19.5 Å². The fourth-order valence-electron chi connectivity index (χ4n) is 2.46. The van der Waals surface area contributed by atoms with Crippen molar-refractivity contribution in [3.63, 3.8) is 0 Å². The van der Waals surface area contributed by atoms with Gasteiger partial charge in [-0.3, -0.25) is 0 Å². The van der Waals surface area contributed by atoms with Crippen LogP contribution in [0.15, 0.2) is 40.9 Å². The highest BCUT2D eigenvalue weighted by Gasteiger charge is 2.16. The van der Waals surface area contributed by atoms with Gasteiger partial charge in [-0.1, -0.05) is 34.1 Å². The Morgan fingerprint density at radius 1 is 1.00 bits per heavy atom. The third-order valence-electron chi connectivity index (χ3n) is 3.73. The first kappa shape index (κ1) is 17.6. The second-order valence-corrected chi connectivity index (χ2v) is 6.07. The molecule has 2 aromatic rings. The van der Waals surface area contributed by atoms with Crippen LogP contribution in [0.25, 0.3) is 0 Å². The summed E-state index contributed by atoms with van der Waals surface area (Å²) in [5, 5.41) is 3.51. The van der Waals surface area contributed by atoms with E-state index in [4.69, 9.17) is 14.2 Å². The van der Waals surface area contributed by atoms with Crippen molar-refractivity contribution < 1.29 is 14.2 Å². The van der Waals surface area contributed by atoms with Crippen molar-refractivity contribution >= 4 is 15.9 Å². The van der Waals surface area contributed by atoms with Gasteiger partial charge in [-0.05, 0) is 30.7 Å². The van der Waals surface area contributed by atoms with Crippen molar-refractivity contribution in [1.29, 1.82) is 0 Å². The van der Waals surface area contributed by atoms with E-state index < -0.39 is 0 Å². The molecule has 2 aromatic carbocycles. The Kier molecular flexibility index (Phi) is 6.30. The predicted molar refractivity (Wildman–Crippen MR) is 95.5 cm³/mol. The number of ether oxygens (including phenoxy) is 3. The van der Waals surface area contributed by atoms with E-state index in [-0.39, 0.29) is 6.04 Å². The minimum absolute atomic E-state index is 0.213. The van der Waals surface area contributed by atoms with Crippen LogP contribution in [0.5, 0.6) is 17.2 Å². The fourth-order valence-corrected chi connectivity index (χ4v) is 2.88. The van der Waals surface area contributed by atoms with Crippen LogP contribution in [0.4, 0.5) is 0 Å². The van der Waals surface area contributed by atoms with Crippen LogP contribution in [0, 0.1) is 0 Å². The van der Waals surface area contributed by atoms with Crippen LogP contribution >= 0.6 is 15.9 Å². The number of halogens is 1. The smallest absolute Gasteiger partial charge is 0.203 e. The molecular weight excluding hydrogens is 358 g/mol. The van der Waals surface area contributed by atoms with Crippen molar-refractivity contribution in [3.05, 3.63) is 52.0 Å². The first-order valence-electron chi connectivity index (χ1n) is 7.37. The Bertz CT molecular complexity index is 661. The number of methoxy groups -OCH3 is 3. The Balaban J connectivity index is 2.17. The number of benzene rings is 2. The highest BCUT2D eigenvalue weighted by Crippen LogP contribution is 2.39. The van der Waals surface area contributed by atoms with Gasteiger partial charge in [-0.15, -0.1) is 0 Å². The number of nitrogens with one attached hydrogen (secondary N) is 1. The first-order chi connectivity index (χ1) is 11.1. The zero-order valence-corrected chi connectivity index (χ0v) is 15.4. The van der Waals surface area contributed by atoms with Crippen molar-refractivity contribution in [2.75, 3.05) is 21.3 Å². The lowest BCUT2D eigenvalue weighted by Crippen LogP contribution is -2.18.